The standard InChI is InChI=1S/C13H18ClN3O2/c1-7(2)16-12(18)8(3)17-13(19)9-5-4-6-10(14)11(9)15/h4-8H,15H2,1-3H3,(H,16,18)(H,17,19). The molecule has 4 N–H and O–H groups in total. The number of hydrogen-bond acceptors (Lipinski definition) is 3. The van der Waals surface area contributed by atoms with Crippen molar-refractivity contribution in [2.24, 2.45) is 0 Å². The topological polar surface area (TPSA) is 84.2 Å². The van der Waals surface area contributed by atoms with Crippen LogP contribution in [0.4, 0.5) is 5.69 Å². The second-order valence-corrected chi connectivity index (χ2v) is 4.97. The molecular formula is C13H18ClN3O2. The Morgan fingerprint density at radius 2 is 1.84 bits per heavy atom. The minimum atomic E-state index is -0.645. The summed E-state index contributed by atoms with van der Waals surface area (Å²) in [7, 11) is 0. The van der Waals surface area contributed by atoms with E-state index < -0.39 is 11.9 Å². The molecule has 0 radical (unpaired) electrons. The van der Waals surface area contributed by atoms with Gasteiger partial charge >= 0.3 is 0 Å². The molecule has 104 valence electrons. The molecule has 0 saturated carbocycles. The Morgan fingerprint density at radius 1 is 1.21 bits per heavy atom. The molecule has 0 aromatic heterocycles. The van der Waals surface area contributed by atoms with Crippen molar-refractivity contribution in [2.45, 2.75) is 32.9 Å². The summed E-state index contributed by atoms with van der Waals surface area (Å²) in [5.74, 6) is -0.671. The smallest absolute Gasteiger partial charge is 0.254 e. The summed E-state index contributed by atoms with van der Waals surface area (Å²) in [4.78, 5) is 23.7. The average Bonchev–Trinajstić information content (AvgIpc) is 2.31. The van der Waals surface area contributed by atoms with E-state index in [1.165, 1.54) is 0 Å². The van der Waals surface area contributed by atoms with Crippen LogP contribution in [0.5, 0.6) is 0 Å². The van der Waals surface area contributed by atoms with Crippen molar-refractivity contribution < 1.29 is 9.59 Å². The van der Waals surface area contributed by atoms with Gasteiger partial charge < -0.3 is 16.4 Å². The average molecular weight is 284 g/mol. The van der Waals surface area contributed by atoms with Gasteiger partial charge in [0.05, 0.1) is 16.3 Å². The highest BCUT2D eigenvalue weighted by molar-refractivity contribution is 6.34. The van der Waals surface area contributed by atoms with Crippen LogP contribution in [-0.2, 0) is 4.79 Å². The first-order valence-electron chi connectivity index (χ1n) is 5.98. The van der Waals surface area contributed by atoms with E-state index in [1.807, 2.05) is 13.8 Å². The first-order valence-corrected chi connectivity index (χ1v) is 6.36. The van der Waals surface area contributed by atoms with Crippen molar-refractivity contribution in [3.63, 3.8) is 0 Å². The number of nitrogens with two attached hydrogens (primary N) is 1. The third kappa shape index (κ3) is 4.13. The molecule has 1 aromatic rings. The van der Waals surface area contributed by atoms with E-state index in [0.717, 1.165) is 0 Å². The van der Waals surface area contributed by atoms with Gasteiger partial charge in [0.1, 0.15) is 6.04 Å². The number of amides is 2. The molecule has 0 aliphatic heterocycles. The SMILES string of the molecule is CC(C)NC(=O)C(C)NC(=O)c1cccc(Cl)c1N. The van der Waals surface area contributed by atoms with Crippen molar-refractivity contribution in [1.82, 2.24) is 10.6 Å². The van der Waals surface area contributed by atoms with Gasteiger partial charge in [-0.25, -0.2) is 0 Å². The third-order valence-corrected chi connectivity index (χ3v) is 2.80. The molecule has 2 amide bonds. The zero-order valence-electron chi connectivity index (χ0n) is 11.2. The first-order chi connectivity index (χ1) is 8.82. The normalized spacial score (nSPS) is 12.1. The highest BCUT2D eigenvalue weighted by atomic mass is 35.5. The van der Waals surface area contributed by atoms with Gasteiger partial charge in [0, 0.05) is 6.04 Å². The van der Waals surface area contributed by atoms with Gasteiger partial charge in [0.2, 0.25) is 5.91 Å². The van der Waals surface area contributed by atoms with Gasteiger partial charge in [-0.1, -0.05) is 17.7 Å². The number of rotatable bonds is 4. The number of hydrogen-bond donors (Lipinski definition) is 3. The van der Waals surface area contributed by atoms with Gasteiger partial charge in [-0.3, -0.25) is 9.59 Å². The zero-order chi connectivity index (χ0) is 14.6. The highest BCUT2D eigenvalue weighted by Crippen LogP contribution is 2.22. The van der Waals surface area contributed by atoms with Crippen LogP contribution in [0, 0.1) is 0 Å². The van der Waals surface area contributed by atoms with E-state index in [2.05, 4.69) is 10.6 Å². The Labute approximate surface area is 117 Å². The number of nitrogen functional groups attached to an aromatic ring is 1. The molecule has 1 aromatic carbocycles. The van der Waals surface area contributed by atoms with E-state index in [1.54, 1.807) is 25.1 Å². The maximum atomic E-state index is 12.0. The summed E-state index contributed by atoms with van der Waals surface area (Å²) < 4.78 is 0. The Hall–Kier alpha value is -1.75. The van der Waals surface area contributed by atoms with Crippen LogP contribution in [-0.4, -0.2) is 23.9 Å². The molecule has 1 atom stereocenters. The van der Waals surface area contributed by atoms with Crippen LogP contribution in [0.25, 0.3) is 0 Å². The summed E-state index contributed by atoms with van der Waals surface area (Å²) >= 11 is 5.84. The molecule has 0 aliphatic carbocycles. The van der Waals surface area contributed by atoms with Crippen molar-refractivity contribution in [2.75, 3.05) is 5.73 Å². The lowest BCUT2D eigenvalue weighted by Gasteiger charge is -2.16. The summed E-state index contributed by atoms with van der Waals surface area (Å²) in [5.41, 5.74) is 6.19. The lowest BCUT2D eigenvalue weighted by Crippen LogP contribution is -2.46. The molecule has 0 spiro atoms. The molecule has 0 saturated heterocycles. The monoisotopic (exact) mass is 283 g/mol. The molecular weight excluding hydrogens is 266 g/mol. The predicted octanol–water partition coefficient (Wildman–Crippen LogP) is 1.57. The quantitative estimate of drug-likeness (QED) is 0.733. The first kappa shape index (κ1) is 15.3. The van der Waals surface area contributed by atoms with E-state index >= 15 is 0 Å². The lowest BCUT2D eigenvalue weighted by molar-refractivity contribution is -0.123. The fraction of sp³-hybridized carbons (Fsp3) is 0.385. The summed E-state index contributed by atoms with van der Waals surface area (Å²) in [6.45, 7) is 5.30. The van der Waals surface area contributed by atoms with Crippen LogP contribution < -0.4 is 16.4 Å². The molecule has 0 aliphatic rings. The van der Waals surface area contributed by atoms with E-state index in [4.69, 9.17) is 17.3 Å². The van der Waals surface area contributed by atoms with Crippen molar-refractivity contribution in [3.8, 4) is 0 Å². The number of benzene rings is 1. The van der Waals surface area contributed by atoms with Gasteiger partial charge in [-0.05, 0) is 32.9 Å². The molecule has 0 bridgehead atoms. The number of para-hydroxylation sites is 1. The summed E-state index contributed by atoms with van der Waals surface area (Å²) in [5, 5.41) is 5.61. The van der Waals surface area contributed by atoms with E-state index in [9.17, 15) is 9.59 Å². The second-order valence-electron chi connectivity index (χ2n) is 4.56. The second kappa shape index (κ2) is 6.43. The van der Waals surface area contributed by atoms with Crippen molar-refractivity contribution in [3.05, 3.63) is 28.8 Å². The lowest BCUT2D eigenvalue weighted by atomic mass is 10.1. The minimum Gasteiger partial charge on any atom is -0.397 e. The Bertz CT molecular complexity index is 489. The van der Waals surface area contributed by atoms with Gasteiger partial charge in [-0.2, -0.15) is 0 Å². The maximum Gasteiger partial charge on any atom is 0.254 e. The third-order valence-electron chi connectivity index (χ3n) is 2.47. The Kier molecular flexibility index (Phi) is 5.18. The van der Waals surface area contributed by atoms with Gasteiger partial charge in [0.15, 0.2) is 0 Å². The van der Waals surface area contributed by atoms with E-state index in [-0.39, 0.29) is 23.2 Å². The molecule has 5 nitrogen and oxygen atoms in total. The number of nitrogens with one attached hydrogen (secondary N) is 2. The summed E-state index contributed by atoms with van der Waals surface area (Å²) in [6, 6.07) is 4.16. The number of carbonyl (C=O) groups excluding carboxylic acids is 2. The van der Waals surface area contributed by atoms with E-state index in [0.29, 0.717) is 5.02 Å². The fourth-order valence-electron chi connectivity index (χ4n) is 1.48. The fourth-order valence-corrected chi connectivity index (χ4v) is 1.66. The van der Waals surface area contributed by atoms with Crippen LogP contribution in [0.15, 0.2) is 18.2 Å². The molecule has 0 fully saturated rings. The van der Waals surface area contributed by atoms with Crippen LogP contribution in [0.3, 0.4) is 0 Å². The highest BCUT2D eigenvalue weighted by Gasteiger charge is 2.19. The summed E-state index contributed by atoms with van der Waals surface area (Å²) in [6.07, 6.45) is 0. The predicted molar refractivity (Wildman–Crippen MR) is 76.1 cm³/mol. The molecule has 0 heterocycles. The molecule has 1 unspecified atom stereocenters. The Morgan fingerprint density at radius 3 is 2.42 bits per heavy atom. The zero-order valence-corrected chi connectivity index (χ0v) is 11.9. The number of carbonyl (C=O) groups is 2. The van der Waals surface area contributed by atoms with Gasteiger partial charge in [0.25, 0.3) is 5.91 Å². The van der Waals surface area contributed by atoms with Crippen molar-refractivity contribution >= 4 is 29.1 Å². The molecule has 6 heteroatoms. The molecule has 19 heavy (non-hydrogen) atoms. The minimum absolute atomic E-state index is 0.0168. The number of anilines is 1. The van der Waals surface area contributed by atoms with Crippen LogP contribution in [0.2, 0.25) is 5.02 Å². The molecule has 1 rings (SSSR count). The maximum absolute atomic E-state index is 12.0. The van der Waals surface area contributed by atoms with Gasteiger partial charge in [-0.15, -0.1) is 0 Å². The van der Waals surface area contributed by atoms with Crippen LogP contribution in [0.1, 0.15) is 31.1 Å². The number of halogens is 1. The van der Waals surface area contributed by atoms with Crippen molar-refractivity contribution in [1.29, 1.82) is 0 Å². The Balaban J connectivity index is 2.74. The van der Waals surface area contributed by atoms with Crippen LogP contribution >= 0.6 is 11.6 Å². The largest absolute Gasteiger partial charge is 0.397 e.